The summed E-state index contributed by atoms with van der Waals surface area (Å²) < 4.78 is 40.5. The summed E-state index contributed by atoms with van der Waals surface area (Å²) >= 11 is 0. The zero-order chi connectivity index (χ0) is 25.1. The lowest BCUT2D eigenvalue weighted by Crippen LogP contribution is -2.28. The Hall–Kier alpha value is -4.66. The van der Waals surface area contributed by atoms with Crippen LogP contribution in [-0.4, -0.2) is 20.4 Å². The van der Waals surface area contributed by atoms with E-state index in [0.717, 1.165) is 45.7 Å². The van der Waals surface area contributed by atoms with Gasteiger partial charge in [0.2, 0.25) is 0 Å². The summed E-state index contributed by atoms with van der Waals surface area (Å²) in [5, 5.41) is 5.09. The number of aromatic nitrogens is 3. The number of imidazole rings is 1. The third-order valence-corrected chi connectivity index (χ3v) is 5.68. The minimum atomic E-state index is -4.47. The first-order chi connectivity index (χ1) is 17.4. The van der Waals surface area contributed by atoms with Crippen LogP contribution < -0.4 is 10.6 Å². The molecule has 0 saturated carbocycles. The van der Waals surface area contributed by atoms with Crippen LogP contribution in [0.2, 0.25) is 0 Å². The predicted molar refractivity (Wildman–Crippen MR) is 131 cm³/mol. The summed E-state index contributed by atoms with van der Waals surface area (Å²) in [7, 11) is 0. The number of urea groups is 1. The van der Waals surface area contributed by atoms with Crippen LogP contribution in [0.4, 0.5) is 23.7 Å². The van der Waals surface area contributed by atoms with Gasteiger partial charge < -0.3 is 10.6 Å². The molecule has 0 radical (unpaired) electrons. The lowest BCUT2D eigenvalue weighted by molar-refractivity contribution is -0.137. The van der Waals surface area contributed by atoms with Crippen molar-refractivity contribution in [2.45, 2.75) is 12.7 Å². The number of benzene rings is 2. The first-order valence-corrected chi connectivity index (χ1v) is 11.1. The van der Waals surface area contributed by atoms with Crippen LogP contribution in [0.1, 0.15) is 11.1 Å². The van der Waals surface area contributed by atoms with Crippen molar-refractivity contribution in [2.75, 3.05) is 5.32 Å². The summed E-state index contributed by atoms with van der Waals surface area (Å²) in [4.78, 5) is 20.7. The van der Waals surface area contributed by atoms with E-state index in [4.69, 9.17) is 0 Å². The molecule has 5 aromatic rings. The second kappa shape index (κ2) is 9.53. The minimum absolute atomic E-state index is 0.0670. The van der Waals surface area contributed by atoms with E-state index in [0.29, 0.717) is 0 Å². The Balaban J connectivity index is 1.24. The average molecular weight is 487 g/mol. The lowest BCUT2D eigenvalue weighted by Gasteiger charge is -2.11. The fourth-order valence-corrected chi connectivity index (χ4v) is 3.84. The van der Waals surface area contributed by atoms with Gasteiger partial charge in [0.25, 0.3) is 0 Å². The number of alkyl halides is 3. The Morgan fingerprint density at radius 2 is 1.67 bits per heavy atom. The van der Waals surface area contributed by atoms with Crippen molar-refractivity contribution in [3.05, 3.63) is 109 Å². The Morgan fingerprint density at radius 1 is 0.889 bits per heavy atom. The average Bonchev–Trinajstić information content (AvgIpc) is 3.31. The first kappa shape index (κ1) is 23.1. The molecule has 0 aliphatic rings. The fraction of sp³-hybridized carbons (Fsp3) is 0.0741. The van der Waals surface area contributed by atoms with Crippen molar-refractivity contribution in [3.8, 4) is 22.4 Å². The molecular formula is C27H20F3N5O. The molecule has 0 aliphatic heterocycles. The van der Waals surface area contributed by atoms with Gasteiger partial charge in [0.05, 0.1) is 17.5 Å². The maximum Gasteiger partial charge on any atom is 0.416 e. The van der Waals surface area contributed by atoms with Gasteiger partial charge in [0, 0.05) is 36.4 Å². The van der Waals surface area contributed by atoms with E-state index in [2.05, 4.69) is 20.6 Å². The zero-order valence-corrected chi connectivity index (χ0v) is 18.8. The summed E-state index contributed by atoms with van der Waals surface area (Å²) in [5.41, 5.74) is 4.89. The maximum atomic E-state index is 12.8. The van der Waals surface area contributed by atoms with Crippen molar-refractivity contribution in [1.82, 2.24) is 19.7 Å². The van der Waals surface area contributed by atoms with Crippen LogP contribution >= 0.6 is 0 Å². The highest BCUT2D eigenvalue weighted by Crippen LogP contribution is 2.30. The Bertz CT molecular complexity index is 1510. The third-order valence-electron chi connectivity index (χ3n) is 5.68. The highest BCUT2D eigenvalue weighted by Gasteiger charge is 2.30. The van der Waals surface area contributed by atoms with Crippen molar-refractivity contribution in [2.24, 2.45) is 0 Å². The van der Waals surface area contributed by atoms with Gasteiger partial charge in [-0.25, -0.2) is 9.78 Å². The molecule has 0 bridgehead atoms. The molecule has 2 aromatic carbocycles. The third kappa shape index (κ3) is 5.05. The van der Waals surface area contributed by atoms with Gasteiger partial charge in [0.15, 0.2) is 0 Å². The number of hydrogen-bond acceptors (Lipinski definition) is 3. The number of amides is 2. The quantitative estimate of drug-likeness (QED) is 0.301. The van der Waals surface area contributed by atoms with Crippen LogP contribution in [-0.2, 0) is 12.7 Å². The van der Waals surface area contributed by atoms with E-state index in [9.17, 15) is 18.0 Å². The van der Waals surface area contributed by atoms with Crippen LogP contribution in [0.5, 0.6) is 0 Å². The summed E-state index contributed by atoms with van der Waals surface area (Å²) in [6.07, 6.45) is 2.81. The molecule has 0 atom stereocenters. The molecular weight excluding hydrogens is 467 g/mol. The number of carbonyl (C=O) groups is 1. The molecule has 180 valence electrons. The minimum Gasteiger partial charge on any atom is -0.334 e. The van der Waals surface area contributed by atoms with Crippen molar-refractivity contribution >= 4 is 17.4 Å². The van der Waals surface area contributed by atoms with Crippen LogP contribution in [0.3, 0.4) is 0 Å². The Labute approximate surface area is 204 Å². The highest BCUT2D eigenvalue weighted by atomic mass is 19.4. The van der Waals surface area contributed by atoms with Crippen molar-refractivity contribution in [3.63, 3.8) is 0 Å². The number of fused-ring (bicyclic) bond motifs is 1. The van der Waals surface area contributed by atoms with E-state index in [1.54, 1.807) is 18.6 Å². The van der Waals surface area contributed by atoms with Gasteiger partial charge in [-0.05, 0) is 59.2 Å². The van der Waals surface area contributed by atoms with Gasteiger partial charge in [-0.3, -0.25) is 9.38 Å². The van der Waals surface area contributed by atoms with E-state index in [-0.39, 0.29) is 12.2 Å². The molecule has 5 rings (SSSR count). The largest absolute Gasteiger partial charge is 0.416 e. The second-order valence-electron chi connectivity index (χ2n) is 8.11. The van der Waals surface area contributed by atoms with Crippen LogP contribution in [0.25, 0.3) is 28.0 Å². The number of pyridine rings is 2. The van der Waals surface area contributed by atoms with E-state index >= 15 is 0 Å². The molecule has 0 aliphatic carbocycles. The molecule has 2 amide bonds. The maximum absolute atomic E-state index is 12.8. The number of nitrogens with zero attached hydrogens (tertiary/aromatic N) is 3. The molecule has 9 heteroatoms. The SMILES string of the molecule is O=C(NCc1ccc(-c2cnc3cc(-c4ccncc4)ccn23)cc1)Nc1cccc(C(F)(F)F)c1. The zero-order valence-electron chi connectivity index (χ0n) is 18.8. The number of anilines is 1. The standard InChI is InChI=1S/C27H20F3N5O/c28-27(29,30)22-2-1-3-23(15-22)34-26(36)33-16-18-4-6-20(7-5-18)24-17-32-25-14-21(10-13-35(24)25)19-8-11-31-12-9-19/h1-15,17H,16H2,(H2,33,34,36). The number of nitrogens with one attached hydrogen (secondary N) is 2. The van der Waals surface area contributed by atoms with Gasteiger partial charge in [-0.1, -0.05) is 30.3 Å². The summed E-state index contributed by atoms with van der Waals surface area (Å²) in [5.74, 6) is 0. The lowest BCUT2D eigenvalue weighted by atomic mass is 10.1. The van der Waals surface area contributed by atoms with Crippen LogP contribution in [0.15, 0.2) is 97.6 Å². The number of halogens is 3. The molecule has 0 spiro atoms. The van der Waals surface area contributed by atoms with E-state index in [1.165, 1.54) is 12.1 Å². The van der Waals surface area contributed by atoms with Crippen molar-refractivity contribution < 1.29 is 18.0 Å². The summed E-state index contributed by atoms with van der Waals surface area (Å²) in [6, 6.07) is 19.5. The van der Waals surface area contributed by atoms with Gasteiger partial charge in [0.1, 0.15) is 5.65 Å². The normalized spacial score (nSPS) is 11.4. The molecule has 36 heavy (non-hydrogen) atoms. The molecule has 0 fully saturated rings. The molecule has 3 heterocycles. The first-order valence-electron chi connectivity index (χ1n) is 11.1. The topological polar surface area (TPSA) is 71.3 Å². The molecule has 3 aromatic heterocycles. The second-order valence-corrected chi connectivity index (χ2v) is 8.11. The number of hydrogen-bond donors (Lipinski definition) is 2. The fourth-order valence-electron chi connectivity index (χ4n) is 3.84. The molecule has 6 nitrogen and oxygen atoms in total. The van der Waals surface area contributed by atoms with Gasteiger partial charge in [-0.2, -0.15) is 13.2 Å². The van der Waals surface area contributed by atoms with E-state index < -0.39 is 17.8 Å². The Morgan fingerprint density at radius 3 is 2.42 bits per heavy atom. The van der Waals surface area contributed by atoms with Gasteiger partial charge >= 0.3 is 12.2 Å². The van der Waals surface area contributed by atoms with Crippen LogP contribution in [0, 0.1) is 0 Å². The Kier molecular flexibility index (Phi) is 6.12. The van der Waals surface area contributed by atoms with Crippen molar-refractivity contribution in [1.29, 1.82) is 0 Å². The molecule has 0 saturated heterocycles. The monoisotopic (exact) mass is 487 g/mol. The van der Waals surface area contributed by atoms with E-state index in [1.807, 2.05) is 59.1 Å². The summed E-state index contributed by atoms with van der Waals surface area (Å²) in [6.45, 7) is 0.216. The molecule has 0 unspecified atom stereocenters. The predicted octanol–water partition coefficient (Wildman–Crippen LogP) is 6.40. The molecule has 2 N–H and O–H groups in total. The van der Waals surface area contributed by atoms with Gasteiger partial charge in [-0.15, -0.1) is 0 Å². The number of carbonyl (C=O) groups excluding carboxylic acids is 1. The smallest absolute Gasteiger partial charge is 0.334 e. The highest BCUT2D eigenvalue weighted by molar-refractivity contribution is 5.89. The number of rotatable bonds is 5.